The van der Waals surface area contributed by atoms with Crippen LogP contribution < -0.4 is 14.5 Å². The summed E-state index contributed by atoms with van der Waals surface area (Å²) in [6.07, 6.45) is 3.95. The van der Waals surface area contributed by atoms with Crippen LogP contribution in [0.4, 0.5) is 0 Å². The normalized spacial score (nSPS) is 11.5. The average molecular weight is 545 g/mol. The van der Waals surface area contributed by atoms with E-state index in [1.807, 2.05) is 72.8 Å². The zero-order chi connectivity index (χ0) is 24.2. The first kappa shape index (κ1) is 23.1. The van der Waals surface area contributed by atoms with Crippen molar-refractivity contribution in [2.75, 3.05) is 0 Å². The number of nitrogens with zero attached hydrogens (tertiary/aromatic N) is 2. The molecule has 0 bridgehead atoms. The van der Waals surface area contributed by atoms with Crippen molar-refractivity contribution in [3.8, 4) is 11.4 Å². The Balaban J connectivity index is 1.59. The Morgan fingerprint density at radius 3 is 2.43 bits per heavy atom. The van der Waals surface area contributed by atoms with Gasteiger partial charge in [-0.25, -0.2) is 0 Å². The molecule has 1 radical (unpaired) electrons. The molecule has 0 saturated heterocycles. The van der Waals surface area contributed by atoms with Gasteiger partial charge in [0.05, 0.1) is 0 Å². The van der Waals surface area contributed by atoms with Gasteiger partial charge in [-0.1, -0.05) is 0 Å². The van der Waals surface area contributed by atoms with Crippen molar-refractivity contribution < 1.29 is 5.11 Å². The van der Waals surface area contributed by atoms with E-state index in [0.717, 1.165) is 9.78 Å². The molecular weight excluding hydrogens is 523 g/mol. The monoisotopic (exact) mass is 545 g/mol. The molecule has 0 atom stereocenters. The molecule has 0 saturated carbocycles. The number of halogens is 1. The molecule has 6 heteroatoms. The summed E-state index contributed by atoms with van der Waals surface area (Å²) in [5.41, 5.74) is 1.16. The Labute approximate surface area is 212 Å². The molecule has 0 spiro atoms. The zero-order valence-electron chi connectivity index (χ0n) is 18.7. The van der Waals surface area contributed by atoms with Gasteiger partial charge in [0, 0.05) is 0 Å². The number of hydrogen-bond acceptors (Lipinski definition) is 3. The number of benzene rings is 4. The first-order chi connectivity index (χ1) is 17.1. The zero-order valence-corrected chi connectivity index (χ0v) is 21.2. The van der Waals surface area contributed by atoms with Crippen LogP contribution in [0.5, 0.6) is 5.75 Å². The number of allylic oxidation sites excluding steroid dienone is 1. The quantitative estimate of drug-likeness (QED) is 0.304. The van der Waals surface area contributed by atoms with Crippen LogP contribution >= 0.6 is 11.6 Å². The molecule has 35 heavy (non-hydrogen) atoms. The SMILES string of the molecule is O=c1c2ccccc2nc(/C=C/C[Se](c2ccccc2)c2ccccc2O)n1-c1cccc(Cl)c1. The van der Waals surface area contributed by atoms with Crippen LogP contribution in [0.3, 0.4) is 0 Å². The molecule has 1 N–H and O–H groups in total. The molecule has 1 heterocycles. The van der Waals surface area contributed by atoms with E-state index in [0.29, 0.717) is 33.2 Å². The predicted molar refractivity (Wildman–Crippen MR) is 146 cm³/mol. The summed E-state index contributed by atoms with van der Waals surface area (Å²) in [6, 6.07) is 32.4. The van der Waals surface area contributed by atoms with Crippen molar-refractivity contribution in [1.82, 2.24) is 9.55 Å². The fraction of sp³-hybridized carbons (Fsp3) is 0.0345. The van der Waals surface area contributed by atoms with Crippen LogP contribution in [0.15, 0.2) is 114 Å². The maximum atomic E-state index is 13.5. The average Bonchev–Trinajstić information content (AvgIpc) is 2.88. The minimum absolute atomic E-state index is 0.145. The van der Waals surface area contributed by atoms with Gasteiger partial charge in [-0.3, -0.25) is 0 Å². The number of rotatable bonds is 6. The molecular formula is C29H22ClN2O2Se. The Hall–Kier alpha value is -3.63. The first-order valence-electron chi connectivity index (χ1n) is 11.1. The Kier molecular flexibility index (Phi) is 6.82. The van der Waals surface area contributed by atoms with Gasteiger partial charge in [0.25, 0.3) is 0 Å². The van der Waals surface area contributed by atoms with E-state index in [1.54, 1.807) is 28.8 Å². The summed E-state index contributed by atoms with van der Waals surface area (Å²) in [4.78, 5) is 18.3. The molecule has 0 aliphatic carbocycles. The number of phenols is 1. The van der Waals surface area contributed by atoms with E-state index in [2.05, 4.69) is 18.2 Å². The number of fused-ring (bicyclic) bond motifs is 1. The molecule has 0 aliphatic heterocycles. The van der Waals surface area contributed by atoms with Crippen LogP contribution in [0, 0.1) is 0 Å². The van der Waals surface area contributed by atoms with Gasteiger partial charge < -0.3 is 0 Å². The van der Waals surface area contributed by atoms with Crippen molar-refractivity contribution in [2.24, 2.45) is 0 Å². The summed E-state index contributed by atoms with van der Waals surface area (Å²) < 4.78 is 3.79. The van der Waals surface area contributed by atoms with Crippen molar-refractivity contribution in [1.29, 1.82) is 0 Å². The molecule has 0 aliphatic rings. The molecule has 4 nitrogen and oxygen atoms in total. The van der Waals surface area contributed by atoms with Gasteiger partial charge in [0.15, 0.2) is 0 Å². The van der Waals surface area contributed by atoms with E-state index < -0.39 is 13.9 Å². The number of aromatic hydroxyl groups is 1. The van der Waals surface area contributed by atoms with Gasteiger partial charge in [-0.15, -0.1) is 0 Å². The molecule has 173 valence electrons. The van der Waals surface area contributed by atoms with Crippen molar-refractivity contribution >= 4 is 51.4 Å². The number of hydrogen-bond donors (Lipinski definition) is 1. The van der Waals surface area contributed by atoms with Crippen LogP contribution in [0.25, 0.3) is 22.7 Å². The maximum absolute atomic E-state index is 13.5. The van der Waals surface area contributed by atoms with Gasteiger partial charge >= 0.3 is 213 Å². The number of para-hydroxylation sites is 2. The van der Waals surface area contributed by atoms with Crippen LogP contribution in [-0.4, -0.2) is 28.6 Å². The Morgan fingerprint density at radius 1 is 0.886 bits per heavy atom. The van der Waals surface area contributed by atoms with Crippen molar-refractivity contribution in [2.45, 2.75) is 5.32 Å². The first-order valence-corrected chi connectivity index (χ1v) is 14.4. The van der Waals surface area contributed by atoms with E-state index in [-0.39, 0.29) is 5.56 Å². The Morgan fingerprint density at radius 2 is 1.63 bits per heavy atom. The molecule has 1 aromatic heterocycles. The topological polar surface area (TPSA) is 55.1 Å². The molecule has 0 unspecified atom stereocenters. The summed E-state index contributed by atoms with van der Waals surface area (Å²) in [6.45, 7) is 0. The van der Waals surface area contributed by atoms with Gasteiger partial charge in [-0.2, -0.15) is 0 Å². The van der Waals surface area contributed by atoms with E-state index in [4.69, 9.17) is 16.6 Å². The van der Waals surface area contributed by atoms with Gasteiger partial charge in [-0.05, 0) is 0 Å². The van der Waals surface area contributed by atoms with Crippen molar-refractivity contribution in [3.05, 3.63) is 130 Å². The van der Waals surface area contributed by atoms with Crippen LogP contribution in [-0.2, 0) is 0 Å². The van der Waals surface area contributed by atoms with E-state index in [1.165, 1.54) is 4.46 Å². The molecule has 5 aromatic rings. The van der Waals surface area contributed by atoms with E-state index in [9.17, 15) is 9.90 Å². The van der Waals surface area contributed by atoms with Crippen LogP contribution in [0.1, 0.15) is 5.82 Å². The predicted octanol–water partition coefficient (Wildman–Crippen LogP) is 5.07. The molecule has 4 aromatic carbocycles. The third-order valence-electron chi connectivity index (χ3n) is 5.56. The standard InChI is InChI=1S/C29H22ClN2O2Se/c30-21-10-8-11-22(20-21)32-28(31-25-15-5-4-14-24(25)29(32)34)18-9-19-35(23-12-2-1-3-13-23)27-17-7-6-16-26(27)33/h1-18,20,33H,19H2/b18-9+. The van der Waals surface area contributed by atoms with Crippen molar-refractivity contribution in [3.63, 3.8) is 0 Å². The second-order valence-corrected chi connectivity index (χ2v) is 12.5. The van der Waals surface area contributed by atoms with Gasteiger partial charge in [0.1, 0.15) is 0 Å². The Bertz CT molecular complexity index is 1580. The van der Waals surface area contributed by atoms with E-state index >= 15 is 0 Å². The minimum atomic E-state index is -1.59. The third-order valence-corrected chi connectivity index (χ3v) is 10.5. The summed E-state index contributed by atoms with van der Waals surface area (Å²) in [5.74, 6) is 0.848. The van der Waals surface area contributed by atoms with Crippen LogP contribution in [0.2, 0.25) is 10.3 Å². The molecule has 0 fully saturated rings. The molecule has 0 amide bonds. The second-order valence-electron chi connectivity index (χ2n) is 7.85. The fourth-order valence-corrected chi connectivity index (χ4v) is 8.24. The third kappa shape index (κ3) is 4.94. The number of aromatic nitrogens is 2. The number of phenolic OH excluding ortho intramolecular Hbond substituents is 1. The summed E-state index contributed by atoms with van der Waals surface area (Å²) in [7, 11) is 0. The van der Waals surface area contributed by atoms with Gasteiger partial charge in [0.2, 0.25) is 0 Å². The second kappa shape index (κ2) is 10.3. The molecule has 5 rings (SSSR count). The summed E-state index contributed by atoms with van der Waals surface area (Å²) in [5, 5.41) is 12.4. The summed E-state index contributed by atoms with van der Waals surface area (Å²) >= 11 is 4.65. The fourth-order valence-electron chi connectivity index (χ4n) is 3.94.